The fourth-order valence-corrected chi connectivity index (χ4v) is 3.17. The lowest BCUT2D eigenvalue weighted by Gasteiger charge is -2.19. The zero-order valence-corrected chi connectivity index (χ0v) is 17.3. The molecule has 0 fully saturated rings. The molecule has 1 unspecified atom stereocenters. The molecular formula is C22H22N4O6. The Morgan fingerprint density at radius 3 is 2.75 bits per heavy atom. The van der Waals surface area contributed by atoms with E-state index in [1.807, 2.05) is 18.2 Å². The minimum Gasteiger partial charge on any atom is -0.486 e. The van der Waals surface area contributed by atoms with Crippen molar-refractivity contribution in [3.63, 3.8) is 0 Å². The number of aromatic amines is 1. The number of nitrogens with zero attached hydrogens (tertiary/aromatic N) is 1. The molecule has 0 saturated carbocycles. The smallest absolute Gasteiger partial charge is 0.308 e. The summed E-state index contributed by atoms with van der Waals surface area (Å²) in [5, 5.41) is 12.8. The molecule has 3 N–H and O–H groups in total. The molecule has 1 aliphatic heterocycles. The van der Waals surface area contributed by atoms with Gasteiger partial charge in [0.15, 0.2) is 23.3 Å². The number of carbonyl (C=O) groups excluding carboxylic acids is 3. The quantitative estimate of drug-likeness (QED) is 0.481. The second-order valence-electron chi connectivity index (χ2n) is 7.10. The van der Waals surface area contributed by atoms with Crippen molar-refractivity contribution < 1.29 is 28.6 Å². The number of ether oxygens (including phenoxy) is 3. The lowest BCUT2D eigenvalue weighted by atomic mass is 10.2. The minimum absolute atomic E-state index is 0.0509. The molecule has 0 spiro atoms. The number of rotatable bonds is 7. The monoisotopic (exact) mass is 438 g/mol. The van der Waals surface area contributed by atoms with Gasteiger partial charge in [0, 0.05) is 23.7 Å². The maximum atomic E-state index is 12.3. The van der Waals surface area contributed by atoms with Gasteiger partial charge in [-0.1, -0.05) is 18.2 Å². The van der Waals surface area contributed by atoms with Crippen molar-refractivity contribution in [2.24, 2.45) is 0 Å². The number of hydrogen-bond acceptors (Lipinski definition) is 7. The molecule has 0 radical (unpaired) electrons. The standard InChI is InChI=1S/C22H22N4O6/c1-13(21(28)24-14-6-7-17-18(12-14)31-11-10-30-17)32-19(27)8-9-23-22(29)20-15-4-2-3-5-16(15)25-26-20/h2-7,12-13H,8-11H2,1H3,(H,23,29)(H,24,28)(H,25,26). The first kappa shape index (κ1) is 21.2. The van der Waals surface area contributed by atoms with Gasteiger partial charge in [0.05, 0.1) is 11.9 Å². The highest BCUT2D eigenvalue weighted by molar-refractivity contribution is 6.04. The summed E-state index contributed by atoms with van der Waals surface area (Å²) in [7, 11) is 0. The summed E-state index contributed by atoms with van der Waals surface area (Å²) in [6, 6.07) is 12.3. The van der Waals surface area contributed by atoms with Crippen LogP contribution in [0.1, 0.15) is 23.8 Å². The molecule has 10 nitrogen and oxygen atoms in total. The summed E-state index contributed by atoms with van der Waals surface area (Å²) in [4.78, 5) is 36.7. The van der Waals surface area contributed by atoms with E-state index < -0.39 is 23.9 Å². The Balaban J connectivity index is 1.23. The molecule has 1 aliphatic rings. The highest BCUT2D eigenvalue weighted by Crippen LogP contribution is 2.32. The highest BCUT2D eigenvalue weighted by atomic mass is 16.6. The van der Waals surface area contributed by atoms with Gasteiger partial charge >= 0.3 is 5.97 Å². The number of amides is 2. The first-order chi connectivity index (χ1) is 15.5. The van der Waals surface area contributed by atoms with Crippen LogP contribution in [0, 0.1) is 0 Å². The number of nitrogens with one attached hydrogen (secondary N) is 3. The summed E-state index contributed by atoms with van der Waals surface area (Å²) < 4.78 is 16.1. The lowest BCUT2D eigenvalue weighted by molar-refractivity contribution is -0.153. The van der Waals surface area contributed by atoms with E-state index in [1.165, 1.54) is 6.92 Å². The van der Waals surface area contributed by atoms with Crippen LogP contribution in [-0.2, 0) is 14.3 Å². The molecule has 10 heteroatoms. The molecule has 3 aromatic rings. The van der Waals surface area contributed by atoms with Crippen molar-refractivity contribution in [3.8, 4) is 11.5 Å². The fourth-order valence-electron chi connectivity index (χ4n) is 3.17. The Morgan fingerprint density at radius 2 is 1.91 bits per heavy atom. The second-order valence-corrected chi connectivity index (χ2v) is 7.10. The van der Waals surface area contributed by atoms with Crippen molar-refractivity contribution >= 4 is 34.4 Å². The average Bonchev–Trinajstić information content (AvgIpc) is 3.23. The number of benzene rings is 2. The van der Waals surface area contributed by atoms with Crippen LogP contribution < -0.4 is 20.1 Å². The number of aromatic nitrogens is 2. The maximum absolute atomic E-state index is 12.3. The van der Waals surface area contributed by atoms with E-state index in [4.69, 9.17) is 14.2 Å². The van der Waals surface area contributed by atoms with Crippen LogP contribution in [0.3, 0.4) is 0 Å². The summed E-state index contributed by atoms with van der Waals surface area (Å²) in [5.74, 6) is -0.346. The summed E-state index contributed by atoms with van der Waals surface area (Å²) >= 11 is 0. The molecule has 166 valence electrons. The van der Waals surface area contributed by atoms with E-state index >= 15 is 0 Å². The SMILES string of the molecule is CC(OC(=O)CCNC(=O)c1n[nH]c2ccccc12)C(=O)Nc1ccc2c(c1)OCCO2. The summed E-state index contributed by atoms with van der Waals surface area (Å²) in [6.45, 7) is 2.44. The molecule has 0 saturated heterocycles. The Morgan fingerprint density at radius 1 is 1.12 bits per heavy atom. The molecule has 32 heavy (non-hydrogen) atoms. The number of para-hydroxylation sites is 1. The minimum atomic E-state index is -1.01. The molecule has 2 aromatic carbocycles. The Labute approximate surface area is 183 Å². The zero-order chi connectivity index (χ0) is 22.5. The van der Waals surface area contributed by atoms with Crippen molar-refractivity contribution in [2.75, 3.05) is 25.1 Å². The van der Waals surface area contributed by atoms with Crippen molar-refractivity contribution in [1.29, 1.82) is 0 Å². The van der Waals surface area contributed by atoms with Crippen LogP contribution >= 0.6 is 0 Å². The number of hydrogen-bond donors (Lipinski definition) is 3. The van der Waals surface area contributed by atoms with E-state index in [2.05, 4.69) is 20.8 Å². The molecular weight excluding hydrogens is 416 g/mol. The molecule has 1 atom stereocenters. The van der Waals surface area contributed by atoms with Gasteiger partial charge in [-0.3, -0.25) is 19.5 Å². The Bertz CT molecular complexity index is 1160. The Kier molecular flexibility index (Phi) is 6.20. The van der Waals surface area contributed by atoms with Gasteiger partial charge in [-0.2, -0.15) is 5.10 Å². The molecule has 4 rings (SSSR count). The number of carbonyl (C=O) groups is 3. The van der Waals surface area contributed by atoms with E-state index in [9.17, 15) is 14.4 Å². The van der Waals surface area contributed by atoms with Crippen LogP contribution in [0.2, 0.25) is 0 Å². The van der Waals surface area contributed by atoms with Crippen LogP contribution in [0.4, 0.5) is 5.69 Å². The predicted molar refractivity (Wildman–Crippen MR) is 115 cm³/mol. The van der Waals surface area contributed by atoms with Gasteiger partial charge in [0.2, 0.25) is 0 Å². The second kappa shape index (κ2) is 9.38. The third kappa shape index (κ3) is 4.80. The number of H-pyrrole nitrogens is 1. The largest absolute Gasteiger partial charge is 0.486 e. The van der Waals surface area contributed by atoms with Crippen LogP contribution in [-0.4, -0.2) is 53.8 Å². The van der Waals surface area contributed by atoms with Gasteiger partial charge < -0.3 is 24.8 Å². The normalized spacial score (nSPS) is 13.3. The third-order valence-electron chi connectivity index (χ3n) is 4.79. The van der Waals surface area contributed by atoms with E-state index in [-0.39, 0.29) is 18.7 Å². The van der Waals surface area contributed by atoms with Crippen LogP contribution in [0.15, 0.2) is 42.5 Å². The fraction of sp³-hybridized carbons (Fsp3) is 0.273. The van der Waals surface area contributed by atoms with Gasteiger partial charge in [-0.15, -0.1) is 0 Å². The van der Waals surface area contributed by atoms with Crippen molar-refractivity contribution in [1.82, 2.24) is 15.5 Å². The molecule has 2 heterocycles. The Hall–Kier alpha value is -4.08. The summed E-state index contributed by atoms with van der Waals surface area (Å²) in [5.41, 5.74) is 1.50. The molecule has 0 aliphatic carbocycles. The maximum Gasteiger partial charge on any atom is 0.308 e. The van der Waals surface area contributed by atoms with Crippen LogP contribution in [0.5, 0.6) is 11.5 Å². The van der Waals surface area contributed by atoms with Gasteiger partial charge in [-0.05, 0) is 25.1 Å². The van der Waals surface area contributed by atoms with E-state index in [1.54, 1.807) is 24.3 Å². The predicted octanol–water partition coefficient (Wildman–Crippen LogP) is 2.02. The van der Waals surface area contributed by atoms with Crippen molar-refractivity contribution in [2.45, 2.75) is 19.4 Å². The van der Waals surface area contributed by atoms with E-state index in [0.717, 1.165) is 5.52 Å². The van der Waals surface area contributed by atoms with Crippen LogP contribution in [0.25, 0.3) is 10.9 Å². The highest BCUT2D eigenvalue weighted by Gasteiger charge is 2.20. The lowest BCUT2D eigenvalue weighted by Crippen LogP contribution is -2.32. The van der Waals surface area contributed by atoms with Crippen molar-refractivity contribution in [3.05, 3.63) is 48.2 Å². The summed E-state index contributed by atoms with van der Waals surface area (Å²) in [6.07, 6.45) is -1.10. The zero-order valence-electron chi connectivity index (χ0n) is 17.3. The third-order valence-corrected chi connectivity index (χ3v) is 4.79. The van der Waals surface area contributed by atoms with Gasteiger partial charge in [-0.25, -0.2) is 0 Å². The number of fused-ring (bicyclic) bond motifs is 2. The average molecular weight is 438 g/mol. The van der Waals surface area contributed by atoms with Gasteiger partial charge in [0.1, 0.15) is 13.2 Å². The van der Waals surface area contributed by atoms with E-state index in [0.29, 0.717) is 35.8 Å². The molecule has 2 amide bonds. The number of esters is 1. The number of anilines is 1. The molecule has 1 aromatic heterocycles. The molecule has 0 bridgehead atoms. The first-order valence-corrected chi connectivity index (χ1v) is 10.1. The topological polar surface area (TPSA) is 132 Å². The first-order valence-electron chi connectivity index (χ1n) is 10.1. The van der Waals surface area contributed by atoms with Gasteiger partial charge in [0.25, 0.3) is 11.8 Å².